The van der Waals surface area contributed by atoms with Gasteiger partial charge in [-0.2, -0.15) is 0 Å². The highest BCUT2D eigenvalue weighted by atomic mass is 16.4. The summed E-state index contributed by atoms with van der Waals surface area (Å²) in [6.45, 7) is 3.72. The van der Waals surface area contributed by atoms with E-state index in [0.717, 1.165) is 16.5 Å². The van der Waals surface area contributed by atoms with E-state index < -0.39 is 60.2 Å². The number of rotatable bonds is 15. The molecule has 224 valence electrons. The summed E-state index contributed by atoms with van der Waals surface area (Å²) >= 11 is 0. The van der Waals surface area contributed by atoms with Crippen molar-refractivity contribution in [2.45, 2.75) is 63.7 Å². The number of carboxylic acids is 2. The van der Waals surface area contributed by atoms with Crippen molar-refractivity contribution in [3.05, 3.63) is 71.9 Å². The molecule has 0 aliphatic heterocycles. The van der Waals surface area contributed by atoms with Gasteiger partial charge in [0, 0.05) is 29.9 Å². The summed E-state index contributed by atoms with van der Waals surface area (Å²) in [6.07, 6.45) is 1.54. The molecule has 1 heterocycles. The maximum atomic E-state index is 13.7. The highest BCUT2D eigenvalue weighted by Crippen LogP contribution is 2.19. The number of para-hydroxylation sites is 1. The Hall–Kier alpha value is -4.71. The van der Waals surface area contributed by atoms with Crippen LogP contribution in [-0.4, -0.2) is 69.0 Å². The molecule has 0 saturated carbocycles. The van der Waals surface area contributed by atoms with Crippen molar-refractivity contribution in [1.82, 2.24) is 20.9 Å². The third kappa shape index (κ3) is 8.64. The van der Waals surface area contributed by atoms with Gasteiger partial charge >= 0.3 is 11.9 Å². The first-order chi connectivity index (χ1) is 20.0. The Kier molecular flexibility index (Phi) is 11.2. The smallest absolute Gasteiger partial charge is 0.326 e. The first-order valence-electron chi connectivity index (χ1n) is 13.7. The molecule has 2 aromatic carbocycles. The van der Waals surface area contributed by atoms with Crippen LogP contribution >= 0.6 is 0 Å². The van der Waals surface area contributed by atoms with Crippen molar-refractivity contribution in [1.29, 1.82) is 0 Å². The summed E-state index contributed by atoms with van der Waals surface area (Å²) in [4.78, 5) is 66.0. The molecule has 8 N–H and O–H groups in total. The second kappa shape index (κ2) is 14.8. The number of carboxylic acid groups (broad SMARTS) is 2. The fourth-order valence-electron chi connectivity index (χ4n) is 4.49. The molecule has 0 bridgehead atoms. The Morgan fingerprint density at radius 2 is 1.38 bits per heavy atom. The number of H-pyrrole nitrogens is 1. The normalized spacial score (nSPS) is 14.6. The average Bonchev–Trinajstić information content (AvgIpc) is 3.38. The maximum Gasteiger partial charge on any atom is 0.326 e. The zero-order valence-electron chi connectivity index (χ0n) is 23.5. The molecule has 0 fully saturated rings. The van der Waals surface area contributed by atoms with Crippen molar-refractivity contribution in [2.75, 3.05) is 0 Å². The fraction of sp³-hybridized carbons (Fsp3) is 0.367. The number of hydrogen-bond acceptors (Lipinski definition) is 6. The molecule has 0 radical (unpaired) electrons. The Labute approximate surface area is 243 Å². The van der Waals surface area contributed by atoms with Crippen LogP contribution in [-0.2, 0) is 36.8 Å². The zero-order valence-corrected chi connectivity index (χ0v) is 23.5. The van der Waals surface area contributed by atoms with Gasteiger partial charge in [0.2, 0.25) is 17.7 Å². The van der Waals surface area contributed by atoms with Crippen LogP contribution in [0.3, 0.4) is 0 Å². The summed E-state index contributed by atoms with van der Waals surface area (Å²) in [5.41, 5.74) is 8.32. The van der Waals surface area contributed by atoms with Gasteiger partial charge in [-0.15, -0.1) is 0 Å². The van der Waals surface area contributed by atoms with E-state index in [2.05, 4.69) is 20.9 Å². The molecule has 5 unspecified atom stereocenters. The fourth-order valence-corrected chi connectivity index (χ4v) is 4.49. The summed E-state index contributed by atoms with van der Waals surface area (Å²) in [7, 11) is 0. The molecular weight excluding hydrogens is 542 g/mol. The summed E-state index contributed by atoms with van der Waals surface area (Å²) in [5, 5.41) is 27.0. The summed E-state index contributed by atoms with van der Waals surface area (Å²) < 4.78 is 0. The molecule has 0 spiro atoms. The molecule has 3 rings (SSSR count). The van der Waals surface area contributed by atoms with Crippen LogP contribution in [0.2, 0.25) is 0 Å². The van der Waals surface area contributed by atoms with Crippen molar-refractivity contribution in [3.8, 4) is 0 Å². The van der Waals surface area contributed by atoms with Crippen molar-refractivity contribution < 1.29 is 34.2 Å². The highest BCUT2D eigenvalue weighted by Gasteiger charge is 2.32. The van der Waals surface area contributed by atoms with E-state index in [-0.39, 0.29) is 18.8 Å². The lowest BCUT2D eigenvalue weighted by Crippen LogP contribution is -2.58. The van der Waals surface area contributed by atoms with E-state index in [1.807, 2.05) is 44.2 Å². The first kappa shape index (κ1) is 31.8. The number of hydrogen-bond donors (Lipinski definition) is 7. The zero-order chi connectivity index (χ0) is 30.8. The lowest BCUT2D eigenvalue weighted by Gasteiger charge is -2.26. The van der Waals surface area contributed by atoms with Crippen molar-refractivity contribution in [3.63, 3.8) is 0 Å². The molecular formula is C30H37N5O7. The van der Waals surface area contributed by atoms with Gasteiger partial charge in [-0.3, -0.25) is 19.2 Å². The van der Waals surface area contributed by atoms with Gasteiger partial charge in [-0.25, -0.2) is 4.79 Å². The number of aromatic amines is 1. The molecule has 3 amide bonds. The number of carbonyl (C=O) groups is 5. The quantitative estimate of drug-likeness (QED) is 0.140. The van der Waals surface area contributed by atoms with E-state index in [1.54, 1.807) is 30.5 Å². The standard InChI is InChI=1S/C30H37N5O7/c1-3-17(2)26(31)29(40)34-22(13-18-9-5-4-6-10-18)27(38)33-23(28(39)35-24(30(41)42)15-25(36)37)14-19-16-32-21-12-8-7-11-20(19)21/h4-12,16-17,22-24,26,32H,3,13-15,31H2,1-2H3,(H,33,38)(H,34,40)(H,35,39)(H,36,37)(H,41,42). The molecule has 0 aliphatic rings. The number of aliphatic carboxylic acids is 2. The maximum absolute atomic E-state index is 13.7. The van der Waals surface area contributed by atoms with Gasteiger partial charge in [0.25, 0.3) is 0 Å². The number of nitrogens with two attached hydrogens (primary N) is 1. The van der Waals surface area contributed by atoms with Gasteiger partial charge in [0.1, 0.15) is 18.1 Å². The van der Waals surface area contributed by atoms with Gasteiger partial charge < -0.3 is 36.9 Å². The van der Waals surface area contributed by atoms with E-state index in [4.69, 9.17) is 10.8 Å². The van der Waals surface area contributed by atoms with Gasteiger partial charge in [0.15, 0.2) is 0 Å². The van der Waals surface area contributed by atoms with E-state index >= 15 is 0 Å². The van der Waals surface area contributed by atoms with Crippen LogP contribution < -0.4 is 21.7 Å². The van der Waals surface area contributed by atoms with Crippen molar-refractivity contribution in [2.24, 2.45) is 11.7 Å². The summed E-state index contributed by atoms with van der Waals surface area (Å²) in [5.74, 6) is -5.19. The third-order valence-electron chi connectivity index (χ3n) is 7.20. The predicted octanol–water partition coefficient (Wildman–Crippen LogP) is 1.34. The minimum atomic E-state index is -1.72. The largest absolute Gasteiger partial charge is 0.481 e. The molecule has 0 saturated heterocycles. The number of nitrogens with one attached hydrogen (secondary N) is 4. The Morgan fingerprint density at radius 3 is 2.00 bits per heavy atom. The monoisotopic (exact) mass is 579 g/mol. The van der Waals surface area contributed by atoms with E-state index in [0.29, 0.717) is 12.0 Å². The average molecular weight is 580 g/mol. The molecule has 12 nitrogen and oxygen atoms in total. The van der Waals surface area contributed by atoms with Crippen molar-refractivity contribution >= 4 is 40.6 Å². The number of aromatic nitrogens is 1. The highest BCUT2D eigenvalue weighted by molar-refractivity contribution is 5.95. The Morgan fingerprint density at radius 1 is 0.810 bits per heavy atom. The Bertz CT molecular complexity index is 1410. The van der Waals surface area contributed by atoms with Gasteiger partial charge in [0.05, 0.1) is 12.5 Å². The van der Waals surface area contributed by atoms with E-state index in [1.165, 1.54) is 0 Å². The molecule has 3 aromatic rings. The lowest BCUT2D eigenvalue weighted by atomic mass is 9.98. The third-order valence-corrected chi connectivity index (χ3v) is 7.20. The molecule has 42 heavy (non-hydrogen) atoms. The second-order valence-corrected chi connectivity index (χ2v) is 10.3. The minimum Gasteiger partial charge on any atom is -0.481 e. The van der Waals surface area contributed by atoms with Crippen LogP contribution in [0.25, 0.3) is 10.9 Å². The topological polar surface area (TPSA) is 204 Å². The van der Waals surface area contributed by atoms with Crippen LogP contribution in [0.15, 0.2) is 60.8 Å². The minimum absolute atomic E-state index is 0.0423. The van der Waals surface area contributed by atoms with E-state index in [9.17, 15) is 29.1 Å². The lowest BCUT2D eigenvalue weighted by molar-refractivity contribution is -0.147. The second-order valence-electron chi connectivity index (χ2n) is 10.3. The molecule has 5 atom stereocenters. The van der Waals surface area contributed by atoms with Gasteiger partial charge in [-0.05, 0) is 23.1 Å². The number of fused-ring (bicyclic) bond motifs is 1. The molecule has 12 heteroatoms. The number of benzene rings is 2. The Balaban J connectivity index is 1.91. The van der Waals surface area contributed by atoms with Gasteiger partial charge in [-0.1, -0.05) is 68.8 Å². The number of amides is 3. The van der Waals surface area contributed by atoms with Crippen LogP contribution in [0.1, 0.15) is 37.8 Å². The van der Waals surface area contributed by atoms with Crippen LogP contribution in [0.4, 0.5) is 0 Å². The molecule has 0 aliphatic carbocycles. The SMILES string of the molecule is CCC(C)C(N)C(=O)NC(Cc1ccccc1)C(=O)NC(Cc1c[nH]c2ccccc12)C(=O)NC(CC(=O)O)C(=O)O. The molecule has 1 aromatic heterocycles. The predicted molar refractivity (Wildman–Crippen MR) is 155 cm³/mol. The van der Waals surface area contributed by atoms with Crippen LogP contribution in [0.5, 0.6) is 0 Å². The first-order valence-corrected chi connectivity index (χ1v) is 13.7. The number of carbonyl (C=O) groups excluding carboxylic acids is 3. The van der Waals surface area contributed by atoms with Crippen LogP contribution in [0, 0.1) is 5.92 Å². The summed E-state index contributed by atoms with van der Waals surface area (Å²) in [6, 6.07) is 11.3.